The van der Waals surface area contributed by atoms with Crippen LogP contribution in [0.2, 0.25) is 0 Å². The molecule has 0 fully saturated rings. The molecule has 0 saturated heterocycles. The van der Waals surface area contributed by atoms with E-state index in [1.165, 1.54) is 17.7 Å². The van der Waals surface area contributed by atoms with Crippen molar-refractivity contribution in [2.45, 2.75) is 6.42 Å². The van der Waals surface area contributed by atoms with Gasteiger partial charge in [0.15, 0.2) is 5.96 Å². The largest absolute Gasteiger partial charge is 0.383 e. The molecule has 0 amide bonds. The fourth-order valence-electron chi connectivity index (χ4n) is 2.28. The van der Waals surface area contributed by atoms with Crippen LogP contribution in [0.25, 0.3) is 0 Å². The maximum atomic E-state index is 10.6. The van der Waals surface area contributed by atoms with E-state index in [1.54, 1.807) is 19.2 Å². The molecule has 26 heavy (non-hydrogen) atoms. The van der Waals surface area contributed by atoms with Gasteiger partial charge in [0.25, 0.3) is 5.69 Å². The first-order chi connectivity index (χ1) is 12.2. The van der Waals surface area contributed by atoms with E-state index in [9.17, 15) is 10.1 Å². The lowest BCUT2D eigenvalue weighted by molar-refractivity contribution is -0.384. The van der Waals surface area contributed by atoms with Crippen LogP contribution < -0.4 is 16.0 Å². The number of nitro groups is 1. The standard InChI is InChI=1S/C18H23N5O2.HI/c1-19-18(21-12-11-15-5-3-2-4-6-15)22-14-13-20-16-7-9-17(10-8-16)23(24)25;/h2-10,20H,11-14H2,1H3,(H2,19,21,22);1H. The summed E-state index contributed by atoms with van der Waals surface area (Å²) >= 11 is 0. The summed E-state index contributed by atoms with van der Waals surface area (Å²) < 4.78 is 0. The van der Waals surface area contributed by atoms with E-state index in [1.807, 2.05) is 18.2 Å². The Balaban J connectivity index is 0.00000338. The van der Waals surface area contributed by atoms with Crippen LogP contribution in [0.5, 0.6) is 0 Å². The minimum atomic E-state index is -0.406. The Bertz CT molecular complexity index is 692. The van der Waals surface area contributed by atoms with Gasteiger partial charge < -0.3 is 16.0 Å². The molecule has 0 atom stereocenters. The number of nitrogens with zero attached hydrogens (tertiary/aromatic N) is 2. The van der Waals surface area contributed by atoms with Gasteiger partial charge in [0.2, 0.25) is 0 Å². The number of aliphatic imine (C=N–C) groups is 1. The molecule has 0 heterocycles. The summed E-state index contributed by atoms with van der Waals surface area (Å²) in [4.78, 5) is 14.4. The Hall–Kier alpha value is -2.36. The number of nitro benzene ring substituents is 1. The first-order valence-corrected chi connectivity index (χ1v) is 8.16. The van der Waals surface area contributed by atoms with Gasteiger partial charge in [-0.2, -0.15) is 0 Å². The van der Waals surface area contributed by atoms with Crippen molar-refractivity contribution in [1.29, 1.82) is 0 Å². The number of rotatable bonds is 8. The highest BCUT2D eigenvalue weighted by Crippen LogP contribution is 2.14. The second-order valence-corrected chi connectivity index (χ2v) is 5.39. The molecular formula is C18H24IN5O2. The van der Waals surface area contributed by atoms with E-state index in [0.29, 0.717) is 13.1 Å². The Labute approximate surface area is 170 Å². The van der Waals surface area contributed by atoms with Crippen LogP contribution in [-0.4, -0.2) is 37.6 Å². The Morgan fingerprint density at radius 2 is 1.65 bits per heavy atom. The second-order valence-electron chi connectivity index (χ2n) is 5.39. The summed E-state index contributed by atoms with van der Waals surface area (Å²) in [6.07, 6.45) is 0.933. The molecule has 0 bridgehead atoms. The molecule has 0 aromatic heterocycles. The summed E-state index contributed by atoms with van der Waals surface area (Å²) in [6.45, 7) is 2.17. The van der Waals surface area contributed by atoms with Gasteiger partial charge in [-0.3, -0.25) is 15.1 Å². The molecule has 0 aliphatic heterocycles. The van der Waals surface area contributed by atoms with Gasteiger partial charge in [-0.15, -0.1) is 24.0 Å². The fraction of sp³-hybridized carbons (Fsp3) is 0.278. The lowest BCUT2D eigenvalue weighted by atomic mass is 10.1. The van der Waals surface area contributed by atoms with Crippen molar-refractivity contribution in [2.24, 2.45) is 4.99 Å². The van der Waals surface area contributed by atoms with Gasteiger partial charge in [0, 0.05) is 44.5 Å². The molecule has 140 valence electrons. The minimum Gasteiger partial charge on any atom is -0.383 e. The van der Waals surface area contributed by atoms with Crippen LogP contribution in [0.15, 0.2) is 59.6 Å². The summed E-state index contributed by atoms with van der Waals surface area (Å²) in [6, 6.07) is 16.7. The highest BCUT2D eigenvalue weighted by atomic mass is 127. The van der Waals surface area contributed by atoms with E-state index in [2.05, 4.69) is 33.1 Å². The second kappa shape index (κ2) is 12.1. The van der Waals surface area contributed by atoms with Crippen molar-refractivity contribution in [1.82, 2.24) is 10.6 Å². The fourth-order valence-corrected chi connectivity index (χ4v) is 2.28. The summed E-state index contributed by atoms with van der Waals surface area (Å²) in [7, 11) is 1.74. The Kier molecular flexibility index (Phi) is 10.1. The Morgan fingerprint density at radius 3 is 2.27 bits per heavy atom. The molecule has 2 aromatic rings. The van der Waals surface area contributed by atoms with Crippen LogP contribution in [-0.2, 0) is 6.42 Å². The number of halogens is 1. The van der Waals surface area contributed by atoms with Gasteiger partial charge in [-0.05, 0) is 24.1 Å². The molecule has 0 spiro atoms. The third-order valence-corrected chi connectivity index (χ3v) is 3.60. The molecule has 2 rings (SSSR count). The highest BCUT2D eigenvalue weighted by molar-refractivity contribution is 14.0. The third-order valence-electron chi connectivity index (χ3n) is 3.60. The number of hydrogen-bond acceptors (Lipinski definition) is 4. The van der Waals surface area contributed by atoms with Crippen molar-refractivity contribution in [3.63, 3.8) is 0 Å². The van der Waals surface area contributed by atoms with E-state index in [4.69, 9.17) is 0 Å². The number of non-ortho nitro benzene ring substituents is 1. The van der Waals surface area contributed by atoms with Crippen LogP contribution in [0, 0.1) is 10.1 Å². The van der Waals surface area contributed by atoms with E-state index in [-0.39, 0.29) is 29.7 Å². The molecule has 0 radical (unpaired) electrons. The predicted molar refractivity (Wildman–Crippen MR) is 117 cm³/mol. The van der Waals surface area contributed by atoms with Crippen LogP contribution >= 0.6 is 24.0 Å². The first-order valence-electron chi connectivity index (χ1n) is 8.16. The molecule has 2 aromatic carbocycles. The summed E-state index contributed by atoms with van der Waals surface area (Å²) in [5, 5.41) is 20.3. The van der Waals surface area contributed by atoms with Crippen LogP contribution in [0.4, 0.5) is 11.4 Å². The number of hydrogen-bond donors (Lipinski definition) is 3. The van der Waals surface area contributed by atoms with Crippen molar-refractivity contribution < 1.29 is 4.92 Å². The molecular weight excluding hydrogens is 445 g/mol. The van der Waals surface area contributed by atoms with Gasteiger partial charge in [0.05, 0.1) is 4.92 Å². The molecule has 0 unspecified atom stereocenters. The average Bonchev–Trinajstić information content (AvgIpc) is 2.65. The number of benzene rings is 2. The zero-order chi connectivity index (χ0) is 17.9. The van der Waals surface area contributed by atoms with Gasteiger partial charge >= 0.3 is 0 Å². The number of guanidine groups is 1. The lowest BCUT2D eigenvalue weighted by Crippen LogP contribution is -2.40. The van der Waals surface area contributed by atoms with Crippen molar-refractivity contribution in [3.05, 3.63) is 70.3 Å². The normalized spacial score (nSPS) is 10.6. The number of nitrogens with one attached hydrogen (secondary N) is 3. The maximum Gasteiger partial charge on any atom is 0.269 e. The lowest BCUT2D eigenvalue weighted by Gasteiger charge is -2.12. The van der Waals surface area contributed by atoms with E-state index >= 15 is 0 Å². The molecule has 7 nitrogen and oxygen atoms in total. The van der Waals surface area contributed by atoms with E-state index < -0.39 is 4.92 Å². The monoisotopic (exact) mass is 469 g/mol. The molecule has 0 aliphatic carbocycles. The van der Waals surface area contributed by atoms with Crippen molar-refractivity contribution >= 4 is 41.3 Å². The third kappa shape index (κ3) is 7.68. The first kappa shape index (κ1) is 21.7. The van der Waals surface area contributed by atoms with Gasteiger partial charge in [0.1, 0.15) is 0 Å². The number of anilines is 1. The van der Waals surface area contributed by atoms with Gasteiger partial charge in [-0.1, -0.05) is 30.3 Å². The zero-order valence-corrected chi connectivity index (χ0v) is 17.0. The average molecular weight is 469 g/mol. The predicted octanol–water partition coefficient (Wildman–Crippen LogP) is 3.03. The minimum absolute atomic E-state index is 0. The van der Waals surface area contributed by atoms with Crippen LogP contribution in [0.3, 0.4) is 0 Å². The Morgan fingerprint density at radius 1 is 1.00 bits per heavy atom. The smallest absolute Gasteiger partial charge is 0.269 e. The summed E-state index contributed by atoms with van der Waals surface area (Å²) in [5.74, 6) is 0.751. The van der Waals surface area contributed by atoms with Crippen LogP contribution in [0.1, 0.15) is 5.56 Å². The zero-order valence-electron chi connectivity index (χ0n) is 14.6. The van der Waals surface area contributed by atoms with Crippen molar-refractivity contribution in [2.75, 3.05) is 32.0 Å². The molecule has 3 N–H and O–H groups in total. The quantitative estimate of drug-likeness (QED) is 0.138. The molecule has 8 heteroatoms. The molecule has 0 aliphatic rings. The summed E-state index contributed by atoms with van der Waals surface area (Å²) in [5.41, 5.74) is 2.22. The molecule has 0 saturated carbocycles. The van der Waals surface area contributed by atoms with Crippen molar-refractivity contribution in [3.8, 4) is 0 Å². The van der Waals surface area contributed by atoms with E-state index in [0.717, 1.165) is 24.6 Å². The highest BCUT2D eigenvalue weighted by Gasteiger charge is 2.03. The van der Waals surface area contributed by atoms with Gasteiger partial charge in [-0.25, -0.2) is 0 Å². The topological polar surface area (TPSA) is 91.6 Å². The maximum absolute atomic E-state index is 10.6. The SMILES string of the molecule is CN=C(NCCNc1ccc([N+](=O)[O-])cc1)NCCc1ccccc1.I.